The number of anilines is 1. The number of carbonyl (C=O) groups is 1. The van der Waals surface area contributed by atoms with E-state index in [-0.39, 0.29) is 0 Å². The fourth-order valence-corrected chi connectivity index (χ4v) is 2.46. The number of fused-ring (bicyclic) bond motifs is 2. The number of amides is 1. The van der Waals surface area contributed by atoms with Gasteiger partial charge in [-0.3, -0.25) is 9.88 Å². The predicted molar refractivity (Wildman–Crippen MR) is 68.7 cm³/mol. The molecule has 0 unspecified atom stereocenters. The highest BCUT2D eigenvalue weighted by atomic mass is 16.4. The second-order valence-electron chi connectivity index (χ2n) is 4.38. The lowest BCUT2D eigenvalue weighted by molar-refractivity contribution is 0.203. The van der Waals surface area contributed by atoms with Crippen LogP contribution in [0.15, 0.2) is 24.4 Å². The van der Waals surface area contributed by atoms with Crippen molar-refractivity contribution in [2.75, 3.05) is 11.9 Å². The molecule has 2 heterocycles. The summed E-state index contributed by atoms with van der Waals surface area (Å²) in [6, 6.07) is 5.77. The van der Waals surface area contributed by atoms with Gasteiger partial charge in [-0.05, 0) is 29.3 Å². The van der Waals surface area contributed by atoms with Crippen molar-refractivity contribution in [1.82, 2.24) is 10.3 Å². The van der Waals surface area contributed by atoms with E-state index < -0.39 is 6.09 Å². The summed E-state index contributed by atoms with van der Waals surface area (Å²) < 4.78 is 0. The molecule has 0 spiro atoms. The molecule has 0 fully saturated rings. The maximum atomic E-state index is 11.2. The van der Waals surface area contributed by atoms with Gasteiger partial charge in [0, 0.05) is 31.7 Å². The molecule has 1 amide bonds. The number of aromatic nitrogens is 1. The lowest BCUT2D eigenvalue weighted by atomic mass is 10.0. The summed E-state index contributed by atoms with van der Waals surface area (Å²) >= 11 is 0. The second-order valence-corrected chi connectivity index (χ2v) is 4.38. The Labute approximate surface area is 104 Å². The molecular weight excluding hydrogens is 230 g/mol. The van der Waals surface area contributed by atoms with Crippen LogP contribution in [0.25, 0.3) is 10.9 Å². The Morgan fingerprint density at radius 3 is 3.11 bits per heavy atom. The van der Waals surface area contributed by atoms with Crippen LogP contribution >= 0.6 is 0 Å². The first-order valence-corrected chi connectivity index (χ1v) is 5.75. The second kappa shape index (κ2) is 3.96. The summed E-state index contributed by atoms with van der Waals surface area (Å²) in [6.07, 6.45) is 0.766. The van der Waals surface area contributed by atoms with E-state index in [1.54, 1.807) is 13.2 Å². The van der Waals surface area contributed by atoms with Gasteiger partial charge in [0.05, 0.1) is 11.2 Å². The third-order valence-corrected chi connectivity index (χ3v) is 3.32. The third-order valence-electron chi connectivity index (χ3n) is 3.32. The molecule has 18 heavy (non-hydrogen) atoms. The molecule has 2 aromatic rings. The molecule has 0 bridgehead atoms. The van der Waals surface area contributed by atoms with Gasteiger partial charge in [-0.15, -0.1) is 0 Å². The topological polar surface area (TPSA) is 65.5 Å². The van der Waals surface area contributed by atoms with Crippen LogP contribution in [0.1, 0.15) is 11.1 Å². The smallest absolute Gasteiger partial charge is 0.411 e. The first kappa shape index (κ1) is 11.0. The number of nitrogens with one attached hydrogen (secondary N) is 1. The number of carboxylic acid groups (broad SMARTS) is 1. The Balaban J connectivity index is 2.35. The quantitative estimate of drug-likeness (QED) is 0.803. The summed E-state index contributed by atoms with van der Waals surface area (Å²) in [6.45, 7) is 1.47. The van der Waals surface area contributed by atoms with E-state index in [1.165, 1.54) is 4.90 Å². The Hall–Kier alpha value is -2.14. The van der Waals surface area contributed by atoms with Gasteiger partial charge in [0.1, 0.15) is 0 Å². The number of rotatable bonds is 1. The largest absolute Gasteiger partial charge is 0.465 e. The first-order valence-electron chi connectivity index (χ1n) is 5.75. The van der Waals surface area contributed by atoms with Crippen LogP contribution in [-0.2, 0) is 13.1 Å². The zero-order valence-electron chi connectivity index (χ0n) is 9.97. The maximum absolute atomic E-state index is 11.2. The number of nitrogens with zero attached hydrogens (tertiary/aromatic N) is 2. The SMILES string of the molecule is CN(C(=O)O)c1c2c(cc3ncccc13)CNC2. The van der Waals surface area contributed by atoms with E-state index in [2.05, 4.69) is 10.3 Å². The van der Waals surface area contributed by atoms with Crippen molar-refractivity contribution in [3.05, 3.63) is 35.5 Å². The predicted octanol–water partition coefficient (Wildman–Crippen LogP) is 1.95. The average Bonchev–Trinajstić information content (AvgIpc) is 2.82. The van der Waals surface area contributed by atoms with E-state index in [4.69, 9.17) is 0 Å². The van der Waals surface area contributed by atoms with Crippen molar-refractivity contribution in [3.63, 3.8) is 0 Å². The van der Waals surface area contributed by atoms with Crippen LogP contribution in [0.5, 0.6) is 0 Å². The summed E-state index contributed by atoms with van der Waals surface area (Å²) in [7, 11) is 1.57. The van der Waals surface area contributed by atoms with Crippen LogP contribution in [0.4, 0.5) is 10.5 Å². The maximum Gasteiger partial charge on any atom is 0.411 e. The summed E-state index contributed by atoms with van der Waals surface area (Å²) in [5.74, 6) is 0. The molecule has 0 atom stereocenters. The van der Waals surface area contributed by atoms with E-state index in [0.29, 0.717) is 6.54 Å². The van der Waals surface area contributed by atoms with E-state index in [1.807, 2.05) is 18.2 Å². The van der Waals surface area contributed by atoms with Gasteiger partial charge in [0.15, 0.2) is 0 Å². The molecular formula is C13H13N3O2. The summed E-state index contributed by atoms with van der Waals surface area (Å²) in [5, 5.41) is 13.3. The lowest BCUT2D eigenvalue weighted by Crippen LogP contribution is -2.25. The highest BCUT2D eigenvalue weighted by molar-refractivity contribution is 6.01. The minimum atomic E-state index is -0.958. The third kappa shape index (κ3) is 1.52. The van der Waals surface area contributed by atoms with Gasteiger partial charge >= 0.3 is 6.09 Å². The van der Waals surface area contributed by atoms with Gasteiger partial charge in [0.25, 0.3) is 0 Å². The van der Waals surface area contributed by atoms with Gasteiger partial charge in [-0.2, -0.15) is 0 Å². The Bertz CT molecular complexity index is 639. The summed E-state index contributed by atoms with van der Waals surface area (Å²) in [5.41, 5.74) is 3.76. The molecule has 0 saturated carbocycles. The van der Waals surface area contributed by atoms with Gasteiger partial charge < -0.3 is 10.4 Å². The zero-order chi connectivity index (χ0) is 12.7. The van der Waals surface area contributed by atoms with Gasteiger partial charge in [-0.25, -0.2) is 4.79 Å². The van der Waals surface area contributed by atoms with Crippen LogP contribution < -0.4 is 10.2 Å². The standard InChI is InChI=1S/C13H13N3O2/c1-16(13(17)18)12-9-3-2-4-15-11(9)5-8-6-14-7-10(8)12/h2-5,14H,6-7H2,1H3,(H,17,18). The normalized spacial score (nSPS) is 13.6. The molecule has 3 rings (SSSR count). The molecule has 0 saturated heterocycles. The highest BCUT2D eigenvalue weighted by Gasteiger charge is 2.22. The molecule has 5 heteroatoms. The molecule has 2 N–H and O–H groups in total. The monoisotopic (exact) mass is 243 g/mol. The number of hydrogen-bond acceptors (Lipinski definition) is 3. The number of hydrogen-bond donors (Lipinski definition) is 2. The zero-order valence-corrected chi connectivity index (χ0v) is 9.97. The van der Waals surface area contributed by atoms with Crippen molar-refractivity contribution in [1.29, 1.82) is 0 Å². The Kier molecular flexibility index (Phi) is 2.41. The minimum absolute atomic E-state index is 0.702. The van der Waals surface area contributed by atoms with Crippen LogP contribution in [0, 0.1) is 0 Å². The van der Waals surface area contributed by atoms with Crippen LogP contribution in [0.2, 0.25) is 0 Å². The molecule has 0 radical (unpaired) electrons. The van der Waals surface area contributed by atoms with Crippen LogP contribution in [-0.4, -0.2) is 23.2 Å². The minimum Gasteiger partial charge on any atom is -0.465 e. The van der Waals surface area contributed by atoms with Crippen molar-refractivity contribution in [3.8, 4) is 0 Å². The molecule has 1 aliphatic heterocycles. The van der Waals surface area contributed by atoms with E-state index in [0.717, 1.165) is 34.3 Å². The fraction of sp³-hybridized carbons (Fsp3) is 0.231. The van der Waals surface area contributed by atoms with E-state index in [9.17, 15) is 9.90 Å². The van der Waals surface area contributed by atoms with Gasteiger partial charge in [0.2, 0.25) is 0 Å². The summed E-state index contributed by atoms with van der Waals surface area (Å²) in [4.78, 5) is 16.8. The van der Waals surface area contributed by atoms with E-state index >= 15 is 0 Å². The van der Waals surface area contributed by atoms with Crippen molar-refractivity contribution in [2.45, 2.75) is 13.1 Å². The average molecular weight is 243 g/mol. The fourth-order valence-electron chi connectivity index (χ4n) is 2.46. The Morgan fingerprint density at radius 2 is 2.33 bits per heavy atom. The Morgan fingerprint density at radius 1 is 1.50 bits per heavy atom. The highest BCUT2D eigenvalue weighted by Crippen LogP contribution is 2.34. The van der Waals surface area contributed by atoms with Crippen molar-refractivity contribution in [2.24, 2.45) is 0 Å². The lowest BCUT2D eigenvalue weighted by Gasteiger charge is -2.19. The van der Waals surface area contributed by atoms with Gasteiger partial charge in [-0.1, -0.05) is 0 Å². The molecule has 1 aromatic carbocycles. The van der Waals surface area contributed by atoms with Crippen molar-refractivity contribution < 1.29 is 9.90 Å². The number of benzene rings is 1. The molecule has 0 aliphatic carbocycles. The first-order chi connectivity index (χ1) is 8.68. The van der Waals surface area contributed by atoms with Crippen molar-refractivity contribution >= 4 is 22.7 Å². The molecule has 92 valence electrons. The molecule has 5 nitrogen and oxygen atoms in total. The van der Waals surface area contributed by atoms with Crippen LogP contribution in [0.3, 0.4) is 0 Å². The molecule has 1 aromatic heterocycles. The molecule has 1 aliphatic rings. The number of pyridine rings is 1.